The molecule has 4 heterocycles. The summed E-state index contributed by atoms with van der Waals surface area (Å²) in [6.45, 7) is 6.44. The highest BCUT2D eigenvalue weighted by Crippen LogP contribution is 2.40. The highest BCUT2D eigenvalue weighted by molar-refractivity contribution is 6.03. The Kier molecular flexibility index (Phi) is 9.51. The molecule has 14 nitrogen and oxygen atoms in total. The maximum absolute atomic E-state index is 13.8. The van der Waals surface area contributed by atoms with Gasteiger partial charge in [-0.3, -0.25) is 24.2 Å². The number of amides is 3. The van der Waals surface area contributed by atoms with Gasteiger partial charge in [0.1, 0.15) is 11.9 Å². The number of nitrogens with two attached hydrogens (primary N) is 2. The van der Waals surface area contributed by atoms with Gasteiger partial charge in [0.15, 0.2) is 5.96 Å². The topological polar surface area (TPSA) is 190 Å². The number of imidazole rings is 1. The third kappa shape index (κ3) is 6.78. The standard InChI is InChI=1S/C34H43N9O5/c1-3-48-33(47)21-10-14-41(15-11-21)24-7-8-26-25(18-24)30-39-27-17-22(32(46)42-16-12-23(19-42)38-20(2)44)6-9-28(27)43(30)29(31(45)40-26)5-4-13-37-34(35)36/h6-9,17-18,21,23,29H,3-5,10-16,19H2,1-2H3,(H,38,44)(H,40,45)(H4,35,36,37). The number of carbonyl (C=O) groups excluding carboxylic acids is 4. The van der Waals surface area contributed by atoms with E-state index in [-0.39, 0.29) is 41.6 Å². The fourth-order valence-corrected chi connectivity index (χ4v) is 7.01. The summed E-state index contributed by atoms with van der Waals surface area (Å²) in [5.74, 6) is -0.0623. The third-order valence-electron chi connectivity index (χ3n) is 9.35. The molecule has 2 saturated heterocycles. The number of guanidine groups is 1. The zero-order valence-electron chi connectivity index (χ0n) is 27.4. The van der Waals surface area contributed by atoms with Gasteiger partial charge in [-0.05, 0) is 75.4 Å². The molecule has 6 rings (SSSR count). The number of aliphatic imine (C=N–C) groups is 1. The first-order valence-electron chi connectivity index (χ1n) is 16.6. The Morgan fingerprint density at radius 2 is 1.88 bits per heavy atom. The Morgan fingerprint density at radius 1 is 1.08 bits per heavy atom. The fourth-order valence-electron chi connectivity index (χ4n) is 7.01. The van der Waals surface area contributed by atoms with Crippen molar-refractivity contribution in [3.63, 3.8) is 0 Å². The summed E-state index contributed by atoms with van der Waals surface area (Å²) in [7, 11) is 0. The lowest BCUT2D eigenvalue weighted by atomic mass is 9.96. The molecule has 2 unspecified atom stereocenters. The van der Waals surface area contributed by atoms with Crippen molar-refractivity contribution in [2.45, 2.75) is 58.0 Å². The van der Waals surface area contributed by atoms with Gasteiger partial charge in [-0.2, -0.15) is 0 Å². The molecular weight excluding hydrogens is 614 g/mol. The normalized spacial score (nSPS) is 19.2. The molecule has 48 heavy (non-hydrogen) atoms. The van der Waals surface area contributed by atoms with Crippen LogP contribution in [0, 0.1) is 5.92 Å². The fraction of sp³-hybridized carbons (Fsp3) is 0.471. The molecular formula is C34H43N9O5. The van der Waals surface area contributed by atoms with Crippen LogP contribution in [-0.4, -0.2) is 89.5 Å². The number of aromatic nitrogens is 2. The molecule has 0 spiro atoms. The Morgan fingerprint density at radius 3 is 2.60 bits per heavy atom. The molecule has 1 aromatic heterocycles. The minimum Gasteiger partial charge on any atom is -0.466 e. The van der Waals surface area contributed by atoms with Crippen LogP contribution in [0.4, 0.5) is 11.4 Å². The quantitative estimate of drug-likeness (QED) is 0.116. The Balaban J connectivity index is 1.34. The lowest BCUT2D eigenvalue weighted by Crippen LogP contribution is -2.37. The number of anilines is 2. The highest BCUT2D eigenvalue weighted by atomic mass is 16.5. The van der Waals surface area contributed by atoms with Gasteiger partial charge < -0.3 is 41.2 Å². The van der Waals surface area contributed by atoms with Crippen LogP contribution in [0.2, 0.25) is 0 Å². The van der Waals surface area contributed by atoms with Gasteiger partial charge in [-0.15, -0.1) is 0 Å². The molecule has 0 saturated carbocycles. The monoisotopic (exact) mass is 657 g/mol. The van der Waals surface area contributed by atoms with Crippen molar-refractivity contribution in [3.8, 4) is 11.4 Å². The molecule has 3 amide bonds. The second kappa shape index (κ2) is 13.9. The molecule has 6 N–H and O–H groups in total. The molecule has 3 aromatic rings. The van der Waals surface area contributed by atoms with Gasteiger partial charge in [0.2, 0.25) is 11.8 Å². The Hall–Kier alpha value is -5.14. The maximum atomic E-state index is 13.8. The van der Waals surface area contributed by atoms with E-state index in [0.29, 0.717) is 94.0 Å². The average Bonchev–Trinajstić information content (AvgIpc) is 3.66. The number of hydrogen-bond acceptors (Lipinski definition) is 8. The van der Waals surface area contributed by atoms with Crippen molar-refractivity contribution in [1.82, 2.24) is 19.8 Å². The summed E-state index contributed by atoms with van der Waals surface area (Å²) >= 11 is 0. The molecule has 14 heteroatoms. The van der Waals surface area contributed by atoms with E-state index in [9.17, 15) is 19.2 Å². The van der Waals surface area contributed by atoms with Gasteiger partial charge in [0.05, 0.1) is 29.2 Å². The van der Waals surface area contributed by atoms with Crippen LogP contribution in [0.3, 0.4) is 0 Å². The predicted molar refractivity (Wildman–Crippen MR) is 182 cm³/mol. The van der Waals surface area contributed by atoms with Gasteiger partial charge in [0, 0.05) is 62.5 Å². The van der Waals surface area contributed by atoms with Crippen molar-refractivity contribution in [2.24, 2.45) is 22.4 Å². The van der Waals surface area contributed by atoms with Gasteiger partial charge in [0.25, 0.3) is 5.91 Å². The average molecular weight is 658 g/mol. The molecule has 2 aromatic carbocycles. The number of benzene rings is 2. The highest BCUT2D eigenvalue weighted by Gasteiger charge is 2.33. The van der Waals surface area contributed by atoms with Crippen LogP contribution in [0.1, 0.15) is 62.4 Å². The summed E-state index contributed by atoms with van der Waals surface area (Å²) < 4.78 is 7.21. The molecule has 0 radical (unpaired) electrons. The summed E-state index contributed by atoms with van der Waals surface area (Å²) in [5, 5.41) is 6.01. The van der Waals surface area contributed by atoms with E-state index in [4.69, 9.17) is 21.2 Å². The lowest BCUT2D eigenvalue weighted by Gasteiger charge is -2.33. The van der Waals surface area contributed by atoms with Crippen LogP contribution in [0.5, 0.6) is 0 Å². The van der Waals surface area contributed by atoms with E-state index < -0.39 is 6.04 Å². The first-order chi connectivity index (χ1) is 23.1. The smallest absolute Gasteiger partial charge is 0.309 e. The molecule has 2 fully saturated rings. The van der Waals surface area contributed by atoms with Gasteiger partial charge in [-0.1, -0.05) is 0 Å². The second-order valence-electron chi connectivity index (χ2n) is 12.6. The van der Waals surface area contributed by atoms with E-state index in [2.05, 4.69) is 20.5 Å². The van der Waals surface area contributed by atoms with E-state index >= 15 is 0 Å². The SMILES string of the molecule is CCOC(=O)C1CCN(c2ccc3c(c2)-c2nc4cc(C(=O)N5CCC(NC(C)=O)C5)ccc4n2C(CCCN=C(N)N)C(=O)N3)CC1. The number of nitrogens with one attached hydrogen (secondary N) is 2. The minimum atomic E-state index is -0.603. The summed E-state index contributed by atoms with van der Waals surface area (Å²) in [4.78, 5) is 64.4. The maximum Gasteiger partial charge on any atom is 0.309 e. The van der Waals surface area contributed by atoms with Crippen molar-refractivity contribution in [3.05, 3.63) is 42.0 Å². The molecule has 0 aliphatic carbocycles. The number of carbonyl (C=O) groups is 4. The molecule has 3 aliphatic heterocycles. The summed E-state index contributed by atoms with van der Waals surface area (Å²) in [5.41, 5.74) is 15.3. The Labute approximate surface area is 278 Å². The van der Waals surface area contributed by atoms with Crippen molar-refractivity contribution in [2.75, 3.05) is 49.5 Å². The number of fused-ring (bicyclic) bond motifs is 5. The molecule has 254 valence electrons. The third-order valence-corrected chi connectivity index (χ3v) is 9.35. The number of hydrogen-bond donors (Lipinski definition) is 4. The van der Waals surface area contributed by atoms with Crippen LogP contribution < -0.4 is 27.0 Å². The minimum absolute atomic E-state index is 0.00101. The number of ether oxygens (including phenoxy) is 1. The number of esters is 1. The second-order valence-corrected chi connectivity index (χ2v) is 12.6. The van der Waals surface area contributed by atoms with Gasteiger partial charge >= 0.3 is 5.97 Å². The first kappa shape index (κ1) is 32.8. The first-order valence-corrected chi connectivity index (χ1v) is 16.6. The zero-order valence-corrected chi connectivity index (χ0v) is 27.4. The number of likely N-dealkylation sites (tertiary alicyclic amines) is 1. The number of piperidine rings is 1. The van der Waals surface area contributed by atoms with Crippen molar-refractivity contribution in [1.29, 1.82) is 0 Å². The number of nitrogens with zero attached hydrogens (tertiary/aromatic N) is 5. The molecule has 0 bridgehead atoms. The Bertz CT molecular complexity index is 1760. The number of rotatable bonds is 9. The lowest BCUT2D eigenvalue weighted by molar-refractivity contribution is -0.148. The van der Waals surface area contributed by atoms with E-state index in [1.165, 1.54) is 6.92 Å². The summed E-state index contributed by atoms with van der Waals surface area (Å²) in [6.07, 6.45) is 3.11. The molecule has 3 aliphatic rings. The summed E-state index contributed by atoms with van der Waals surface area (Å²) in [6, 6.07) is 10.7. The van der Waals surface area contributed by atoms with E-state index in [1.807, 2.05) is 35.8 Å². The van der Waals surface area contributed by atoms with E-state index in [1.54, 1.807) is 17.0 Å². The van der Waals surface area contributed by atoms with Gasteiger partial charge in [-0.25, -0.2) is 4.98 Å². The van der Waals surface area contributed by atoms with Crippen LogP contribution in [-0.2, 0) is 19.1 Å². The molecule has 2 atom stereocenters. The largest absolute Gasteiger partial charge is 0.466 e. The van der Waals surface area contributed by atoms with Crippen LogP contribution in [0.25, 0.3) is 22.4 Å². The van der Waals surface area contributed by atoms with Crippen LogP contribution >= 0.6 is 0 Å². The van der Waals surface area contributed by atoms with Crippen LogP contribution in [0.15, 0.2) is 41.4 Å². The predicted octanol–water partition coefficient (Wildman–Crippen LogP) is 2.38. The zero-order chi connectivity index (χ0) is 33.9. The van der Waals surface area contributed by atoms with Crippen molar-refractivity contribution >= 4 is 52.1 Å². The van der Waals surface area contributed by atoms with Crippen molar-refractivity contribution < 1.29 is 23.9 Å². The van der Waals surface area contributed by atoms with E-state index in [0.717, 1.165) is 16.8 Å².